The highest BCUT2D eigenvalue weighted by atomic mass is 35.5. The van der Waals surface area contributed by atoms with Crippen LogP contribution in [0.3, 0.4) is 0 Å². The third-order valence-electron chi connectivity index (χ3n) is 5.50. The van der Waals surface area contributed by atoms with E-state index in [1.54, 1.807) is 26.0 Å². The molecule has 4 N–H and O–H groups in total. The molecule has 1 aliphatic rings. The van der Waals surface area contributed by atoms with Crippen LogP contribution in [0.5, 0.6) is 5.75 Å². The molecule has 2 aromatic carbocycles. The lowest BCUT2D eigenvalue weighted by Crippen LogP contribution is -2.55. The molecule has 0 unspecified atom stereocenters. The molecule has 2 aromatic rings. The number of hydrogen-bond donors (Lipinski definition) is 3. The van der Waals surface area contributed by atoms with Crippen molar-refractivity contribution in [1.82, 2.24) is 5.32 Å². The number of benzene rings is 2. The minimum absolute atomic E-state index is 0.0312. The molecule has 0 saturated heterocycles. The van der Waals surface area contributed by atoms with Crippen LogP contribution in [-0.2, 0) is 14.3 Å². The number of aliphatic carboxylic acids is 1. The zero-order chi connectivity index (χ0) is 26.8. The molecule has 1 amide bonds. The normalized spacial score (nSPS) is 18.7. The van der Waals surface area contributed by atoms with Crippen LogP contribution in [0.1, 0.15) is 53.1 Å². The van der Waals surface area contributed by atoms with Crippen LogP contribution in [0, 0.1) is 5.82 Å². The molecule has 1 heterocycles. The summed E-state index contributed by atoms with van der Waals surface area (Å²) in [5.41, 5.74) is 4.81. The second-order valence-electron chi connectivity index (χ2n) is 8.64. The number of nitrogens with one attached hydrogen (secondary N) is 1. The number of nitrogens with two attached hydrogens (primary N) is 1. The van der Waals surface area contributed by atoms with Crippen molar-refractivity contribution in [2.45, 2.75) is 44.6 Å². The van der Waals surface area contributed by atoms with Crippen LogP contribution in [0.2, 0.25) is 5.02 Å². The average Bonchev–Trinajstić information content (AvgIpc) is 2.80. The molecule has 0 aromatic heterocycles. The van der Waals surface area contributed by atoms with E-state index in [4.69, 9.17) is 36.7 Å². The average molecular weight is 523 g/mol. The highest BCUT2D eigenvalue weighted by molar-refractivity contribution is 6.31. The molecule has 0 saturated carbocycles. The lowest BCUT2D eigenvalue weighted by Gasteiger charge is -2.44. The van der Waals surface area contributed by atoms with Crippen LogP contribution in [-0.4, -0.2) is 53.3 Å². The smallest absolute Gasteiger partial charge is 0.484 e. The van der Waals surface area contributed by atoms with E-state index >= 15 is 0 Å². The fourth-order valence-electron chi connectivity index (χ4n) is 3.60. The third kappa shape index (κ3) is 5.92. The number of Topliss-reactive ketones (excluding diaryl/α,β-unsaturated/α-hetero) is 1. The Balaban J connectivity index is 1.98. The van der Waals surface area contributed by atoms with Gasteiger partial charge in [0, 0.05) is 16.7 Å². The minimum atomic E-state index is -1.47. The van der Waals surface area contributed by atoms with E-state index in [2.05, 4.69) is 5.32 Å². The van der Waals surface area contributed by atoms with E-state index in [9.17, 15) is 23.6 Å². The Hall–Kier alpha value is -3.70. The number of carboxylic acids is 1. The Morgan fingerprint density at radius 1 is 1.19 bits per heavy atom. The van der Waals surface area contributed by atoms with Crippen LogP contribution in [0.15, 0.2) is 36.4 Å². The highest BCUT2D eigenvalue weighted by Gasteiger charge is 2.48. The van der Waals surface area contributed by atoms with Crippen molar-refractivity contribution < 1.29 is 42.9 Å². The van der Waals surface area contributed by atoms with Gasteiger partial charge >= 0.3 is 12.1 Å². The van der Waals surface area contributed by atoms with E-state index < -0.39 is 54.2 Å². The van der Waals surface area contributed by atoms with Crippen molar-refractivity contribution in [1.29, 1.82) is 0 Å². The molecule has 1 aliphatic heterocycles. The fourth-order valence-corrected chi connectivity index (χ4v) is 3.78. The molecule has 0 radical (unpaired) electrons. The minimum Gasteiger partial charge on any atom is -0.484 e. The van der Waals surface area contributed by atoms with Crippen molar-refractivity contribution in [3.05, 3.63) is 63.9 Å². The number of rotatable bonds is 7. The molecule has 0 aliphatic carbocycles. The predicted octanol–water partition coefficient (Wildman–Crippen LogP) is 3.26. The molecule has 0 bridgehead atoms. The van der Waals surface area contributed by atoms with Gasteiger partial charge in [0.25, 0.3) is 5.91 Å². The van der Waals surface area contributed by atoms with E-state index in [1.807, 2.05) is 0 Å². The first-order chi connectivity index (χ1) is 16.8. The predicted molar refractivity (Wildman–Crippen MR) is 125 cm³/mol. The number of amides is 1. The van der Waals surface area contributed by atoms with Gasteiger partial charge in [0.05, 0.1) is 11.1 Å². The van der Waals surface area contributed by atoms with Crippen molar-refractivity contribution in [3.63, 3.8) is 0 Å². The van der Waals surface area contributed by atoms with Gasteiger partial charge in [0.15, 0.2) is 11.9 Å². The maximum absolute atomic E-state index is 13.6. The number of ether oxygens (including phenoxy) is 3. The first kappa shape index (κ1) is 26.9. The van der Waals surface area contributed by atoms with Crippen LogP contribution in [0.4, 0.5) is 9.18 Å². The van der Waals surface area contributed by atoms with E-state index in [0.29, 0.717) is 16.9 Å². The number of carbonyl (C=O) groups is 4. The van der Waals surface area contributed by atoms with Crippen molar-refractivity contribution >= 4 is 35.4 Å². The zero-order valence-electron chi connectivity index (χ0n) is 19.5. The van der Waals surface area contributed by atoms with Gasteiger partial charge < -0.3 is 30.4 Å². The summed E-state index contributed by atoms with van der Waals surface area (Å²) < 4.78 is 29.9. The summed E-state index contributed by atoms with van der Waals surface area (Å²) in [6.07, 6.45) is -2.45. The number of hydrogen-bond acceptors (Lipinski definition) is 8. The van der Waals surface area contributed by atoms with Gasteiger partial charge in [-0.15, -0.1) is 0 Å². The Bertz CT molecular complexity index is 1220. The topological polar surface area (TPSA) is 154 Å². The summed E-state index contributed by atoms with van der Waals surface area (Å²) >= 11 is 5.81. The zero-order valence-corrected chi connectivity index (χ0v) is 20.3. The van der Waals surface area contributed by atoms with Gasteiger partial charge in [-0.2, -0.15) is 0 Å². The molecule has 0 spiro atoms. The first-order valence-electron chi connectivity index (χ1n) is 10.7. The number of ketones is 1. The summed E-state index contributed by atoms with van der Waals surface area (Å²) in [4.78, 5) is 48.4. The molecule has 192 valence electrons. The summed E-state index contributed by atoms with van der Waals surface area (Å²) in [5.74, 6) is -2.68. The number of halogens is 2. The molecule has 3 atom stereocenters. The van der Waals surface area contributed by atoms with Crippen molar-refractivity contribution in [2.75, 3.05) is 6.61 Å². The lowest BCUT2D eigenvalue weighted by atomic mass is 9.85. The summed E-state index contributed by atoms with van der Waals surface area (Å²) in [5, 5.41) is 11.4. The van der Waals surface area contributed by atoms with E-state index in [-0.39, 0.29) is 16.4 Å². The molecule has 36 heavy (non-hydrogen) atoms. The lowest BCUT2D eigenvalue weighted by molar-refractivity contribution is -0.140. The standard InChI is InChI=1S/C24H24ClFN2O8/c1-11(29)12-5-7-18-14(8-12)19(28-21(30)13-4-6-16(26)15(25)9-13)20(24(2,3)36-18)35-23(33)34-10-17(27)22(31)32/h4-9,17,19-20H,10,27H2,1-3H3,(H,28,30)(H,31,32)/t17-,19-,20-/m0/s1. The SMILES string of the molecule is CC(=O)c1ccc2c(c1)[C@H](NC(=O)c1ccc(F)c(Cl)c1)[C@H](OC(=O)OC[C@H](N)C(=O)O)C(C)(C)O2. The van der Waals surface area contributed by atoms with Crippen molar-refractivity contribution in [2.24, 2.45) is 5.73 Å². The monoisotopic (exact) mass is 522 g/mol. The van der Waals surface area contributed by atoms with Gasteiger partial charge in [0.2, 0.25) is 0 Å². The van der Waals surface area contributed by atoms with E-state index in [1.165, 1.54) is 19.1 Å². The molecule has 0 fully saturated rings. The Labute approximate surface area is 210 Å². The molecule has 3 rings (SSSR count). The quantitative estimate of drug-likeness (QED) is 0.367. The summed E-state index contributed by atoms with van der Waals surface area (Å²) in [6.45, 7) is 3.91. The van der Waals surface area contributed by atoms with Crippen molar-refractivity contribution in [3.8, 4) is 5.75 Å². The largest absolute Gasteiger partial charge is 0.508 e. The van der Waals surface area contributed by atoms with E-state index in [0.717, 1.165) is 12.1 Å². The van der Waals surface area contributed by atoms with Gasteiger partial charge in [-0.25, -0.2) is 9.18 Å². The maximum atomic E-state index is 13.6. The van der Waals surface area contributed by atoms with Crippen LogP contribution >= 0.6 is 11.6 Å². The van der Waals surface area contributed by atoms with Crippen LogP contribution < -0.4 is 15.8 Å². The number of carboxylic acid groups (broad SMARTS) is 1. The third-order valence-corrected chi connectivity index (χ3v) is 5.79. The molecule has 12 heteroatoms. The van der Waals surface area contributed by atoms with Gasteiger partial charge in [-0.05, 0) is 57.2 Å². The highest BCUT2D eigenvalue weighted by Crippen LogP contribution is 2.42. The van der Waals surface area contributed by atoms with Gasteiger partial charge in [-0.1, -0.05) is 11.6 Å². The number of fused-ring (bicyclic) bond motifs is 1. The molecule has 10 nitrogen and oxygen atoms in total. The Morgan fingerprint density at radius 2 is 1.86 bits per heavy atom. The van der Waals surface area contributed by atoms with Gasteiger partial charge in [-0.3, -0.25) is 14.4 Å². The first-order valence-corrected chi connectivity index (χ1v) is 11.1. The second kappa shape index (κ2) is 10.5. The Kier molecular flexibility index (Phi) is 7.85. The Morgan fingerprint density at radius 3 is 2.47 bits per heavy atom. The summed E-state index contributed by atoms with van der Waals surface area (Å²) in [7, 11) is 0. The van der Waals surface area contributed by atoms with Crippen LogP contribution in [0.25, 0.3) is 0 Å². The maximum Gasteiger partial charge on any atom is 0.508 e. The number of carbonyl (C=O) groups excluding carboxylic acids is 3. The summed E-state index contributed by atoms with van der Waals surface area (Å²) in [6, 6.07) is 5.49. The molecular formula is C24H24ClFN2O8. The van der Waals surface area contributed by atoms with Gasteiger partial charge in [0.1, 0.15) is 29.8 Å². The fraction of sp³-hybridized carbons (Fsp3) is 0.333. The molecular weight excluding hydrogens is 499 g/mol. The second-order valence-corrected chi connectivity index (χ2v) is 9.05.